The molecule has 1 N–H and O–H groups in total. The van der Waals surface area contributed by atoms with Gasteiger partial charge in [0.2, 0.25) is 0 Å². The van der Waals surface area contributed by atoms with Crippen LogP contribution >= 0.6 is 0 Å². The van der Waals surface area contributed by atoms with Gasteiger partial charge in [0, 0.05) is 37.9 Å². The first kappa shape index (κ1) is 20.3. The summed E-state index contributed by atoms with van der Waals surface area (Å²) in [6, 6.07) is 6.90. The molecule has 1 heterocycles. The lowest BCUT2D eigenvalue weighted by molar-refractivity contribution is -0.137. The number of esters is 1. The summed E-state index contributed by atoms with van der Waals surface area (Å²) in [6.07, 6.45) is 2.67. The van der Waals surface area contributed by atoms with Gasteiger partial charge in [0.25, 0.3) is 0 Å². The van der Waals surface area contributed by atoms with Crippen LogP contribution in [0.3, 0.4) is 0 Å². The Morgan fingerprint density at radius 3 is 2.15 bits per heavy atom. The molecule has 8 nitrogen and oxygen atoms in total. The summed E-state index contributed by atoms with van der Waals surface area (Å²) in [5, 5.41) is 2.83. The second kappa shape index (κ2) is 10.2. The van der Waals surface area contributed by atoms with Crippen molar-refractivity contribution in [3.05, 3.63) is 35.9 Å². The number of hydrogen-bond acceptors (Lipinski definition) is 5. The highest BCUT2D eigenvalue weighted by Gasteiger charge is 2.24. The van der Waals surface area contributed by atoms with Crippen molar-refractivity contribution in [2.45, 2.75) is 13.8 Å². The second-order valence-corrected chi connectivity index (χ2v) is 5.81. The average molecular weight is 375 g/mol. The molecule has 0 atom stereocenters. The Kier molecular flexibility index (Phi) is 7.66. The molecule has 1 saturated heterocycles. The van der Waals surface area contributed by atoms with Crippen molar-refractivity contribution in [2.75, 3.05) is 44.7 Å². The molecule has 1 aromatic carbocycles. The van der Waals surface area contributed by atoms with Crippen LogP contribution in [0.25, 0.3) is 6.08 Å². The fraction of sp³-hybridized carbons (Fsp3) is 0.421. The van der Waals surface area contributed by atoms with Crippen LogP contribution in [-0.2, 0) is 14.3 Å². The van der Waals surface area contributed by atoms with Gasteiger partial charge in [0.05, 0.1) is 13.2 Å². The number of urea groups is 1. The molecule has 0 saturated carbocycles. The highest BCUT2D eigenvalue weighted by atomic mass is 16.6. The molecule has 27 heavy (non-hydrogen) atoms. The summed E-state index contributed by atoms with van der Waals surface area (Å²) in [4.78, 5) is 38.6. The Morgan fingerprint density at radius 1 is 0.963 bits per heavy atom. The van der Waals surface area contributed by atoms with E-state index in [-0.39, 0.29) is 12.1 Å². The predicted molar refractivity (Wildman–Crippen MR) is 101 cm³/mol. The average Bonchev–Trinajstić information content (AvgIpc) is 2.68. The number of benzene rings is 1. The molecule has 0 unspecified atom stereocenters. The van der Waals surface area contributed by atoms with Gasteiger partial charge in [-0.25, -0.2) is 14.4 Å². The molecule has 0 bridgehead atoms. The minimum Gasteiger partial charge on any atom is -0.463 e. The number of amides is 3. The lowest BCUT2D eigenvalue weighted by Crippen LogP contribution is -2.51. The zero-order chi connectivity index (χ0) is 19.6. The highest BCUT2D eigenvalue weighted by Crippen LogP contribution is 2.13. The maximum atomic E-state index is 12.3. The molecule has 1 aliphatic heterocycles. The van der Waals surface area contributed by atoms with E-state index in [0.29, 0.717) is 45.1 Å². The molecule has 0 spiro atoms. The normalized spacial score (nSPS) is 14.1. The van der Waals surface area contributed by atoms with Gasteiger partial charge >= 0.3 is 18.1 Å². The quantitative estimate of drug-likeness (QED) is 0.631. The molecule has 0 aromatic heterocycles. The minimum atomic E-state index is -0.392. The third-order valence-electron chi connectivity index (χ3n) is 3.95. The summed E-state index contributed by atoms with van der Waals surface area (Å²) < 4.78 is 9.79. The van der Waals surface area contributed by atoms with Crippen LogP contribution in [0.5, 0.6) is 0 Å². The van der Waals surface area contributed by atoms with E-state index in [1.54, 1.807) is 54.0 Å². The van der Waals surface area contributed by atoms with Crippen LogP contribution in [0.4, 0.5) is 15.3 Å². The van der Waals surface area contributed by atoms with E-state index >= 15 is 0 Å². The van der Waals surface area contributed by atoms with Crippen molar-refractivity contribution in [1.29, 1.82) is 0 Å². The first-order valence-electron chi connectivity index (χ1n) is 8.96. The van der Waals surface area contributed by atoms with Gasteiger partial charge in [-0.15, -0.1) is 0 Å². The molecule has 1 fully saturated rings. The molecule has 2 rings (SSSR count). The zero-order valence-electron chi connectivity index (χ0n) is 15.6. The van der Waals surface area contributed by atoms with Crippen LogP contribution in [0, 0.1) is 0 Å². The van der Waals surface area contributed by atoms with Crippen molar-refractivity contribution in [1.82, 2.24) is 9.80 Å². The summed E-state index contributed by atoms with van der Waals surface area (Å²) in [6.45, 7) is 5.98. The number of rotatable bonds is 5. The monoisotopic (exact) mass is 375 g/mol. The molecular formula is C19H25N3O5. The lowest BCUT2D eigenvalue weighted by atomic mass is 10.2. The van der Waals surface area contributed by atoms with Crippen LogP contribution in [-0.4, -0.2) is 67.3 Å². The molecule has 8 heteroatoms. The first-order chi connectivity index (χ1) is 13.0. The number of nitrogens with one attached hydrogen (secondary N) is 1. The van der Waals surface area contributed by atoms with E-state index in [0.717, 1.165) is 5.56 Å². The molecule has 1 aromatic rings. The lowest BCUT2D eigenvalue weighted by Gasteiger charge is -2.34. The maximum absolute atomic E-state index is 12.3. The molecule has 146 valence electrons. The Morgan fingerprint density at radius 2 is 1.56 bits per heavy atom. The number of hydrogen-bond donors (Lipinski definition) is 1. The Balaban J connectivity index is 1.82. The Labute approximate surface area is 158 Å². The van der Waals surface area contributed by atoms with Gasteiger partial charge < -0.3 is 24.6 Å². The number of nitrogens with zero attached hydrogens (tertiary/aromatic N) is 2. The van der Waals surface area contributed by atoms with E-state index in [2.05, 4.69) is 5.32 Å². The van der Waals surface area contributed by atoms with E-state index in [4.69, 9.17) is 9.47 Å². The highest BCUT2D eigenvalue weighted by molar-refractivity contribution is 5.90. The molecule has 3 amide bonds. The SMILES string of the molecule is CCOC(=O)/C=C/c1ccc(NC(=O)N2CCN(C(=O)OCC)CC2)cc1. The standard InChI is InChI=1S/C19H25N3O5/c1-3-26-17(23)10-7-15-5-8-16(9-6-15)20-18(24)21-11-13-22(14-12-21)19(25)27-4-2/h5-10H,3-4,11-14H2,1-2H3,(H,20,24)/b10-7+. The third-order valence-corrected chi connectivity index (χ3v) is 3.95. The van der Waals surface area contributed by atoms with Crippen LogP contribution in [0.2, 0.25) is 0 Å². The maximum Gasteiger partial charge on any atom is 0.409 e. The number of anilines is 1. The van der Waals surface area contributed by atoms with E-state index in [1.165, 1.54) is 6.08 Å². The largest absolute Gasteiger partial charge is 0.463 e. The minimum absolute atomic E-state index is 0.215. The summed E-state index contributed by atoms with van der Waals surface area (Å²) in [5.74, 6) is -0.392. The van der Waals surface area contributed by atoms with Gasteiger partial charge in [-0.2, -0.15) is 0 Å². The number of carbonyl (C=O) groups excluding carboxylic acids is 3. The third kappa shape index (κ3) is 6.32. The van der Waals surface area contributed by atoms with E-state index in [9.17, 15) is 14.4 Å². The van der Waals surface area contributed by atoms with Crippen molar-refractivity contribution >= 4 is 29.9 Å². The summed E-state index contributed by atoms with van der Waals surface area (Å²) in [7, 11) is 0. The zero-order valence-corrected chi connectivity index (χ0v) is 15.6. The van der Waals surface area contributed by atoms with Gasteiger partial charge in [-0.3, -0.25) is 0 Å². The summed E-state index contributed by atoms with van der Waals surface area (Å²) in [5.41, 5.74) is 1.48. The van der Waals surface area contributed by atoms with Gasteiger partial charge in [0.15, 0.2) is 0 Å². The predicted octanol–water partition coefficient (Wildman–Crippen LogP) is 2.57. The topological polar surface area (TPSA) is 88.2 Å². The van der Waals surface area contributed by atoms with E-state index < -0.39 is 5.97 Å². The van der Waals surface area contributed by atoms with Crippen molar-refractivity contribution in [3.8, 4) is 0 Å². The van der Waals surface area contributed by atoms with Crippen molar-refractivity contribution in [2.24, 2.45) is 0 Å². The summed E-state index contributed by atoms with van der Waals surface area (Å²) >= 11 is 0. The number of carbonyl (C=O) groups is 3. The smallest absolute Gasteiger partial charge is 0.409 e. The number of piperazine rings is 1. The molecule has 0 aliphatic carbocycles. The fourth-order valence-corrected chi connectivity index (χ4v) is 2.54. The van der Waals surface area contributed by atoms with Crippen LogP contribution in [0.1, 0.15) is 19.4 Å². The molecule has 0 radical (unpaired) electrons. The van der Waals surface area contributed by atoms with Gasteiger partial charge in [0.1, 0.15) is 0 Å². The van der Waals surface area contributed by atoms with Crippen LogP contribution < -0.4 is 5.32 Å². The first-order valence-corrected chi connectivity index (χ1v) is 8.96. The second-order valence-electron chi connectivity index (χ2n) is 5.81. The van der Waals surface area contributed by atoms with Crippen molar-refractivity contribution in [3.63, 3.8) is 0 Å². The Hall–Kier alpha value is -3.03. The molecular weight excluding hydrogens is 350 g/mol. The fourth-order valence-electron chi connectivity index (χ4n) is 2.54. The Bertz CT molecular complexity index is 679. The van der Waals surface area contributed by atoms with Crippen molar-refractivity contribution < 1.29 is 23.9 Å². The van der Waals surface area contributed by atoms with Gasteiger partial charge in [-0.1, -0.05) is 12.1 Å². The number of ether oxygens (including phenoxy) is 2. The van der Waals surface area contributed by atoms with E-state index in [1.807, 2.05) is 0 Å². The van der Waals surface area contributed by atoms with Crippen LogP contribution in [0.15, 0.2) is 30.3 Å². The molecule has 1 aliphatic rings. The van der Waals surface area contributed by atoms with Gasteiger partial charge in [-0.05, 0) is 37.6 Å².